The van der Waals surface area contributed by atoms with Crippen molar-refractivity contribution in [2.75, 3.05) is 38.0 Å². The van der Waals surface area contributed by atoms with Gasteiger partial charge in [0.2, 0.25) is 11.8 Å². The number of hydrogen-bond donors (Lipinski definition) is 1. The molecule has 6 nitrogen and oxygen atoms in total. The molecule has 0 atom stereocenters. The second-order valence-corrected chi connectivity index (χ2v) is 6.05. The number of nitrogens with zero attached hydrogens (tertiary/aromatic N) is 2. The molecule has 0 radical (unpaired) electrons. The number of nitrogens with one attached hydrogen (secondary N) is 1. The molecule has 24 heavy (non-hydrogen) atoms. The zero-order chi connectivity index (χ0) is 17.5. The highest BCUT2D eigenvalue weighted by Crippen LogP contribution is 2.11. The van der Waals surface area contributed by atoms with Gasteiger partial charge in [-0.1, -0.05) is 19.1 Å². The first-order valence-corrected chi connectivity index (χ1v) is 8.40. The lowest BCUT2D eigenvalue weighted by Gasteiger charge is -2.21. The minimum Gasteiger partial charge on any atom is -0.341 e. The van der Waals surface area contributed by atoms with Crippen molar-refractivity contribution in [1.29, 1.82) is 0 Å². The highest BCUT2D eigenvalue weighted by atomic mass is 16.2. The summed E-state index contributed by atoms with van der Waals surface area (Å²) >= 11 is 0. The van der Waals surface area contributed by atoms with E-state index < -0.39 is 0 Å². The number of rotatable bonds is 5. The number of carbonyl (C=O) groups excluding carboxylic acids is 3. The van der Waals surface area contributed by atoms with Gasteiger partial charge in [-0.15, -0.1) is 0 Å². The van der Waals surface area contributed by atoms with Crippen molar-refractivity contribution in [3.05, 3.63) is 29.8 Å². The number of Topliss-reactive ketones (excluding diaryl/α,β-unsaturated/α-hetero) is 1. The number of ketones is 1. The van der Waals surface area contributed by atoms with E-state index in [1.165, 1.54) is 6.92 Å². The van der Waals surface area contributed by atoms with Gasteiger partial charge in [0.1, 0.15) is 0 Å². The quantitative estimate of drug-likeness (QED) is 0.835. The van der Waals surface area contributed by atoms with Gasteiger partial charge < -0.3 is 10.2 Å². The topological polar surface area (TPSA) is 69.7 Å². The summed E-state index contributed by atoms with van der Waals surface area (Å²) in [7, 11) is 0. The van der Waals surface area contributed by atoms with Crippen LogP contribution < -0.4 is 5.32 Å². The Balaban J connectivity index is 1.87. The Morgan fingerprint density at radius 1 is 1.12 bits per heavy atom. The second kappa shape index (κ2) is 8.59. The summed E-state index contributed by atoms with van der Waals surface area (Å²) in [4.78, 5) is 39.3. The second-order valence-electron chi connectivity index (χ2n) is 6.05. The maximum Gasteiger partial charge on any atom is 0.238 e. The summed E-state index contributed by atoms with van der Waals surface area (Å²) in [5.41, 5.74) is 1.21. The smallest absolute Gasteiger partial charge is 0.238 e. The lowest BCUT2D eigenvalue weighted by Crippen LogP contribution is -2.37. The van der Waals surface area contributed by atoms with Crippen molar-refractivity contribution < 1.29 is 14.4 Å². The zero-order valence-corrected chi connectivity index (χ0v) is 14.4. The van der Waals surface area contributed by atoms with E-state index in [1.807, 2.05) is 11.8 Å². The van der Waals surface area contributed by atoms with Crippen LogP contribution in [0.1, 0.15) is 37.0 Å². The van der Waals surface area contributed by atoms with E-state index in [9.17, 15) is 14.4 Å². The SMILES string of the molecule is CCC(=O)N1CCCN(CC(=O)Nc2cccc(C(C)=O)c2)CC1. The van der Waals surface area contributed by atoms with Crippen molar-refractivity contribution in [2.45, 2.75) is 26.7 Å². The molecule has 0 aromatic heterocycles. The maximum absolute atomic E-state index is 12.2. The molecule has 0 saturated carbocycles. The molecule has 1 saturated heterocycles. The predicted molar refractivity (Wildman–Crippen MR) is 93.0 cm³/mol. The number of benzene rings is 1. The molecule has 2 amide bonds. The third-order valence-corrected chi connectivity index (χ3v) is 4.16. The monoisotopic (exact) mass is 331 g/mol. The van der Waals surface area contributed by atoms with Crippen LogP contribution in [-0.4, -0.2) is 60.1 Å². The van der Waals surface area contributed by atoms with Crippen molar-refractivity contribution in [1.82, 2.24) is 9.80 Å². The van der Waals surface area contributed by atoms with Crippen LogP contribution in [0.25, 0.3) is 0 Å². The molecule has 1 aliphatic heterocycles. The molecule has 1 aromatic rings. The van der Waals surface area contributed by atoms with Crippen LogP contribution in [0, 0.1) is 0 Å². The fourth-order valence-corrected chi connectivity index (χ4v) is 2.82. The molecule has 130 valence electrons. The molecule has 1 aliphatic rings. The summed E-state index contributed by atoms with van der Waals surface area (Å²) < 4.78 is 0. The Labute approximate surface area is 142 Å². The summed E-state index contributed by atoms with van der Waals surface area (Å²) in [6.45, 7) is 6.58. The molecule has 1 heterocycles. The zero-order valence-electron chi connectivity index (χ0n) is 14.4. The van der Waals surface area contributed by atoms with Crippen LogP contribution in [0.4, 0.5) is 5.69 Å². The number of amides is 2. The Kier molecular flexibility index (Phi) is 6.49. The third kappa shape index (κ3) is 5.16. The van der Waals surface area contributed by atoms with Crippen LogP contribution in [0.3, 0.4) is 0 Å². The van der Waals surface area contributed by atoms with Gasteiger partial charge in [0, 0.05) is 43.9 Å². The summed E-state index contributed by atoms with van der Waals surface area (Å²) in [6.07, 6.45) is 1.39. The van der Waals surface area contributed by atoms with E-state index >= 15 is 0 Å². The van der Waals surface area contributed by atoms with Crippen molar-refractivity contribution in [3.63, 3.8) is 0 Å². The van der Waals surface area contributed by atoms with E-state index in [1.54, 1.807) is 24.3 Å². The van der Waals surface area contributed by atoms with Gasteiger partial charge in [-0.25, -0.2) is 0 Å². The first kappa shape index (κ1) is 18.1. The fourth-order valence-electron chi connectivity index (χ4n) is 2.82. The lowest BCUT2D eigenvalue weighted by atomic mass is 10.1. The minimum atomic E-state index is -0.106. The maximum atomic E-state index is 12.2. The van der Waals surface area contributed by atoms with Gasteiger partial charge >= 0.3 is 0 Å². The van der Waals surface area contributed by atoms with Crippen molar-refractivity contribution in [3.8, 4) is 0 Å². The predicted octanol–water partition coefficient (Wildman–Crippen LogP) is 1.77. The van der Waals surface area contributed by atoms with Crippen LogP contribution in [0.2, 0.25) is 0 Å². The molecule has 2 rings (SSSR count). The number of anilines is 1. The third-order valence-electron chi connectivity index (χ3n) is 4.16. The lowest BCUT2D eigenvalue weighted by molar-refractivity contribution is -0.130. The molecule has 0 spiro atoms. The van der Waals surface area contributed by atoms with Gasteiger partial charge in [0.25, 0.3) is 0 Å². The average Bonchev–Trinajstić information content (AvgIpc) is 2.79. The molecule has 1 fully saturated rings. The first-order chi connectivity index (χ1) is 11.5. The molecular weight excluding hydrogens is 306 g/mol. The van der Waals surface area contributed by atoms with Crippen molar-refractivity contribution >= 4 is 23.3 Å². The average molecular weight is 331 g/mol. The molecule has 0 bridgehead atoms. The minimum absolute atomic E-state index is 0.0284. The van der Waals surface area contributed by atoms with E-state index in [4.69, 9.17) is 0 Å². The Morgan fingerprint density at radius 2 is 1.92 bits per heavy atom. The normalized spacial score (nSPS) is 15.7. The van der Waals surface area contributed by atoms with E-state index in [2.05, 4.69) is 10.2 Å². The van der Waals surface area contributed by atoms with Gasteiger partial charge in [-0.3, -0.25) is 19.3 Å². The first-order valence-electron chi connectivity index (χ1n) is 8.40. The van der Waals surface area contributed by atoms with Gasteiger partial charge in [0.05, 0.1) is 6.54 Å². The Morgan fingerprint density at radius 3 is 2.62 bits per heavy atom. The van der Waals surface area contributed by atoms with E-state index in [-0.39, 0.29) is 17.6 Å². The van der Waals surface area contributed by atoms with Gasteiger partial charge in [-0.05, 0) is 25.5 Å². The molecule has 1 N–H and O–H groups in total. The van der Waals surface area contributed by atoms with Gasteiger partial charge in [-0.2, -0.15) is 0 Å². The van der Waals surface area contributed by atoms with Gasteiger partial charge in [0.15, 0.2) is 5.78 Å². The number of carbonyl (C=O) groups is 3. The summed E-state index contributed by atoms with van der Waals surface area (Å²) in [5.74, 6) is 0.0348. The Bertz CT molecular complexity index is 615. The summed E-state index contributed by atoms with van der Waals surface area (Å²) in [5, 5.41) is 2.84. The van der Waals surface area contributed by atoms with Crippen molar-refractivity contribution in [2.24, 2.45) is 0 Å². The number of hydrogen-bond acceptors (Lipinski definition) is 4. The van der Waals surface area contributed by atoms with Crippen LogP contribution in [0.15, 0.2) is 24.3 Å². The van der Waals surface area contributed by atoms with Crippen LogP contribution >= 0.6 is 0 Å². The fraction of sp³-hybridized carbons (Fsp3) is 0.500. The molecule has 0 unspecified atom stereocenters. The molecule has 0 aliphatic carbocycles. The Hall–Kier alpha value is -2.21. The standard InChI is InChI=1S/C18H25N3O3/c1-3-18(24)21-9-5-8-20(10-11-21)13-17(23)19-16-7-4-6-15(12-16)14(2)22/h4,6-7,12H,3,5,8-11,13H2,1-2H3,(H,19,23). The highest BCUT2D eigenvalue weighted by molar-refractivity contribution is 5.97. The van der Waals surface area contributed by atoms with Crippen LogP contribution in [-0.2, 0) is 9.59 Å². The largest absolute Gasteiger partial charge is 0.341 e. The highest BCUT2D eigenvalue weighted by Gasteiger charge is 2.19. The van der Waals surface area contributed by atoms with E-state index in [0.29, 0.717) is 37.3 Å². The molecule has 6 heteroatoms. The van der Waals surface area contributed by atoms with E-state index in [0.717, 1.165) is 19.5 Å². The van der Waals surface area contributed by atoms with Crippen LogP contribution in [0.5, 0.6) is 0 Å². The summed E-state index contributed by atoms with van der Waals surface area (Å²) in [6, 6.07) is 6.94. The molecular formula is C18H25N3O3. The molecule has 1 aromatic carbocycles.